The molecule has 4 aliphatic rings. The smallest absolute Gasteiger partial charge is 0.362 e. The first kappa shape index (κ1) is 22.4. The maximum atomic E-state index is 13.0. The number of rotatable bonds is 4. The number of amides is 3. The van der Waals surface area contributed by atoms with Gasteiger partial charge in [0.15, 0.2) is 0 Å². The Morgan fingerprint density at radius 2 is 1.62 bits per heavy atom. The van der Waals surface area contributed by atoms with Gasteiger partial charge in [-0.25, -0.2) is 0 Å². The van der Waals surface area contributed by atoms with Crippen molar-refractivity contribution in [3.8, 4) is 0 Å². The number of hydrogen-bond donors (Lipinski definition) is 0. The average Bonchev–Trinajstić information content (AvgIpc) is 3.48. The summed E-state index contributed by atoms with van der Waals surface area (Å²) in [5.41, 5.74) is -1.71. The van der Waals surface area contributed by atoms with Crippen LogP contribution in [0, 0.1) is 33.8 Å². The van der Waals surface area contributed by atoms with Crippen LogP contribution in [-0.4, -0.2) is 65.2 Å². The van der Waals surface area contributed by atoms with Crippen LogP contribution >= 0.6 is 0 Å². The molecule has 12 heteroatoms. The van der Waals surface area contributed by atoms with Gasteiger partial charge >= 0.3 is 6.18 Å². The number of hydrogen-bond acceptors (Lipinski definition) is 6. The number of piperazine rings is 1. The molecular weight excluding hydrogens is 457 g/mol. The number of benzene rings is 1. The van der Waals surface area contributed by atoms with Gasteiger partial charge in [-0.2, -0.15) is 13.2 Å². The Hall–Kier alpha value is -3.44. The summed E-state index contributed by atoms with van der Waals surface area (Å²) < 4.78 is 38.9. The van der Waals surface area contributed by atoms with E-state index >= 15 is 0 Å². The van der Waals surface area contributed by atoms with Gasteiger partial charge < -0.3 is 9.80 Å². The molecule has 3 amide bonds. The number of halogens is 3. The fourth-order valence-corrected chi connectivity index (χ4v) is 5.67. The molecule has 2 aliphatic carbocycles. The highest BCUT2D eigenvalue weighted by Gasteiger charge is 2.59. The molecule has 4 atom stereocenters. The van der Waals surface area contributed by atoms with E-state index in [2.05, 4.69) is 0 Å². The summed E-state index contributed by atoms with van der Waals surface area (Å²) in [6.07, 6.45) is 0.0452. The lowest BCUT2D eigenvalue weighted by atomic mass is 9.85. The third kappa shape index (κ3) is 3.51. The van der Waals surface area contributed by atoms with E-state index in [4.69, 9.17) is 0 Å². The summed E-state index contributed by atoms with van der Waals surface area (Å²) in [6.45, 7) is 0.308. The summed E-state index contributed by atoms with van der Waals surface area (Å²) in [5.74, 6) is -1.68. The van der Waals surface area contributed by atoms with Gasteiger partial charge in [-0.05, 0) is 30.4 Å². The standard InChI is InChI=1S/C22H21F3N4O5/c23-22(24,25)14-3-4-15(16(10-14)29(33)34)26-5-7-27(8-6-26)17(30)11-28-20(31)18-12-1-2-13(9-12)19(18)21(28)32/h1-4,10,12-13,18-19H,5-9,11H2/t12-,13-,18+,19+/m0/s1. The van der Waals surface area contributed by atoms with Crippen LogP contribution in [0.25, 0.3) is 0 Å². The van der Waals surface area contributed by atoms with Crippen LogP contribution in [0.2, 0.25) is 0 Å². The van der Waals surface area contributed by atoms with Crippen molar-refractivity contribution in [2.75, 3.05) is 37.6 Å². The average molecular weight is 478 g/mol. The zero-order valence-electron chi connectivity index (χ0n) is 17.9. The Morgan fingerprint density at radius 3 is 2.15 bits per heavy atom. The van der Waals surface area contributed by atoms with Crippen molar-refractivity contribution in [1.82, 2.24) is 9.80 Å². The molecule has 1 aromatic carbocycles. The van der Waals surface area contributed by atoms with Crippen LogP contribution in [0.1, 0.15) is 12.0 Å². The first-order valence-corrected chi connectivity index (χ1v) is 11.0. The SMILES string of the molecule is O=C(CN1C(=O)[C@H]2[C@H](C1=O)[C@H]1C=C[C@H]2C1)N1CCN(c2ccc(C(F)(F)F)cc2[N+](=O)[O-])CC1. The Kier molecular flexibility index (Phi) is 5.14. The van der Waals surface area contributed by atoms with Crippen LogP contribution in [-0.2, 0) is 20.6 Å². The number of alkyl halides is 3. The summed E-state index contributed by atoms with van der Waals surface area (Å²) >= 11 is 0. The van der Waals surface area contributed by atoms with Crippen molar-refractivity contribution in [3.05, 3.63) is 46.0 Å². The van der Waals surface area contributed by atoms with Gasteiger partial charge in [0.25, 0.3) is 5.69 Å². The molecule has 2 aliphatic heterocycles. The Morgan fingerprint density at radius 1 is 1.03 bits per heavy atom. The van der Waals surface area contributed by atoms with Gasteiger partial charge in [-0.3, -0.25) is 29.4 Å². The number of allylic oxidation sites excluding steroid dienone is 2. The molecule has 0 spiro atoms. The Balaban J connectivity index is 1.23. The molecule has 1 saturated carbocycles. The number of nitrogens with zero attached hydrogens (tertiary/aromatic N) is 4. The number of fused-ring (bicyclic) bond motifs is 5. The Labute approximate surface area is 191 Å². The van der Waals surface area contributed by atoms with Crippen molar-refractivity contribution < 1.29 is 32.5 Å². The molecule has 0 aromatic heterocycles. The van der Waals surface area contributed by atoms with E-state index in [0.717, 1.165) is 23.5 Å². The van der Waals surface area contributed by atoms with Crippen molar-refractivity contribution in [2.45, 2.75) is 12.6 Å². The van der Waals surface area contributed by atoms with Gasteiger partial charge in [0.2, 0.25) is 17.7 Å². The molecule has 9 nitrogen and oxygen atoms in total. The van der Waals surface area contributed by atoms with E-state index in [1.165, 1.54) is 4.90 Å². The minimum atomic E-state index is -4.70. The molecule has 180 valence electrons. The second-order valence-corrected chi connectivity index (χ2v) is 9.09. The van der Waals surface area contributed by atoms with E-state index < -0.39 is 28.3 Å². The molecular formula is C22H21F3N4O5. The normalized spacial score (nSPS) is 28.1. The van der Waals surface area contributed by atoms with Gasteiger partial charge in [0.05, 0.1) is 22.3 Å². The highest BCUT2D eigenvalue weighted by molar-refractivity contribution is 6.08. The van der Waals surface area contributed by atoms with Crippen LogP contribution in [0.15, 0.2) is 30.4 Å². The molecule has 3 fully saturated rings. The number of carbonyl (C=O) groups excluding carboxylic acids is 3. The highest BCUT2D eigenvalue weighted by atomic mass is 19.4. The molecule has 0 unspecified atom stereocenters. The van der Waals surface area contributed by atoms with E-state index in [9.17, 15) is 37.7 Å². The molecule has 0 radical (unpaired) electrons. The molecule has 34 heavy (non-hydrogen) atoms. The molecule has 2 heterocycles. The van der Waals surface area contributed by atoms with Crippen LogP contribution in [0.4, 0.5) is 24.5 Å². The van der Waals surface area contributed by atoms with E-state index in [1.807, 2.05) is 12.2 Å². The zero-order valence-corrected chi connectivity index (χ0v) is 17.9. The summed E-state index contributed by atoms with van der Waals surface area (Å²) in [4.78, 5) is 53.0. The minimum absolute atomic E-state index is 0.0470. The zero-order chi connectivity index (χ0) is 24.4. The van der Waals surface area contributed by atoms with Crippen LogP contribution in [0.5, 0.6) is 0 Å². The maximum Gasteiger partial charge on any atom is 0.416 e. The topological polar surface area (TPSA) is 104 Å². The molecule has 2 bridgehead atoms. The number of carbonyl (C=O) groups is 3. The summed E-state index contributed by atoms with van der Waals surface area (Å²) in [6, 6.07) is 2.38. The number of nitro groups is 1. The predicted octanol–water partition coefficient (Wildman–Crippen LogP) is 2.07. The fraction of sp³-hybridized carbons (Fsp3) is 0.500. The Bertz CT molecular complexity index is 1080. The molecule has 5 rings (SSSR count). The first-order valence-electron chi connectivity index (χ1n) is 11.0. The lowest BCUT2D eigenvalue weighted by Gasteiger charge is -2.36. The van der Waals surface area contributed by atoms with Crippen LogP contribution < -0.4 is 4.90 Å². The van der Waals surface area contributed by atoms with Gasteiger partial charge in [-0.15, -0.1) is 0 Å². The third-order valence-corrected chi connectivity index (χ3v) is 7.33. The first-order chi connectivity index (χ1) is 16.1. The third-order valence-electron chi connectivity index (χ3n) is 7.33. The lowest BCUT2D eigenvalue weighted by molar-refractivity contribution is -0.384. The largest absolute Gasteiger partial charge is 0.416 e. The number of imide groups is 1. The second kappa shape index (κ2) is 7.81. The van der Waals surface area contributed by atoms with E-state index in [-0.39, 0.29) is 73.9 Å². The molecule has 1 aromatic rings. The molecule has 0 N–H and O–H groups in total. The van der Waals surface area contributed by atoms with Crippen molar-refractivity contribution in [3.63, 3.8) is 0 Å². The predicted molar refractivity (Wildman–Crippen MR) is 111 cm³/mol. The minimum Gasteiger partial charge on any atom is -0.362 e. The van der Waals surface area contributed by atoms with E-state index in [1.54, 1.807) is 4.90 Å². The second-order valence-electron chi connectivity index (χ2n) is 9.09. The van der Waals surface area contributed by atoms with E-state index in [0.29, 0.717) is 6.07 Å². The number of nitro benzene ring substituents is 1. The highest BCUT2D eigenvalue weighted by Crippen LogP contribution is 2.52. The number of likely N-dealkylation sites (tertiary alicyclic amines) is 1. The van der Waals surface area contributed by atoms with Gasteiger partial charge in [0, 0.05) is 32.2 Å². The number of anilines is 1. The fourth-order valence-electron chi connectivity index (χ4n) is 5.67. The monoisotopic (exact) mass is 478 g/mol. The van der Waals surface area contributed by atoms with Gasteiger partial charge in [-0.1, -0.05) is 12.2 Å². The van der Waals surface area contributed by atoms with Crippen molar-refractivity contribution >= 4 is 29.1 Å². The van der Waals surface area contributed by atoms with Crippen molar-refractivity contribution in [1.29, 1.82) is 0 Å². The van der Waals surface area contributed by atoms with Crippen LogP contribution in [0.3, 0.4) is 0 Å². The summed E-state index contributed by atoms with van der Waals surface area (Å²) in [7, 11) is 0. The quantitative estimate of drug-likeness (QED) is 0.284. The summed E-state index contributed by atoms with van der Waals surface area (Å²) in [5, 5.41) is 11.4. The maximum absolute atomic E-state index is 13.0. The van der Waals surface area contributed by atoms with Crippen molar-refractivity contribution in [2.24, 2.45) is 23.7 Å². The lowest BCUT2D eigenvalue weighted by Crippen LogP contribution is -2.52. The van der Waals surface area contributed by atoms with Gasteiger partial charge in [0.1, 0.15) is 12.2 Å². The molecule has 2 saturated heterocycles.